The molecule has 5 rings (SSSR count). The quantitative estimate of drug-likeness (QED) is 0.349. The van der Waals surface area contributed by atoms with Gasteiger partial charge < -0.3 is 10.6 Å². The van der Waals surface area contributed by atoms with Gasteiger partial charge in [0.15, 0.2) is 0 Å². The zero-order chi connectivity index (χ0) is 23.3. The Hall–Kier alpha value is -3.97. The number of aromatic nitrogens is 2. The van der Waals surface area contributed by atoms with Crippen molar-refractivity contribution in [1.82, 2.24) is 15.1 Å². The van der Waals surface area contributed by atoms with Crippen LogP contribution in [0.3, 0.4) is 0 Å². The fraction of sp³-hybridized carbons (Fsp3) is 0.148. The molecule has 4 aromatic rings. The second kappa shape index (κ2) is 9.89. The maximum atomic E-state index is 12.6. The number of thiophene rings is 1. The summed E-state index contributed by atoms with van der Waals surface area (Å²) in [7, 11) is 0. The number of amides is 2. The van der Waals surface area contributed by atoms with Gasteiger partial charge in [0, 0.05) is 35.1 Å². The van der Waals surface area contributed by atoms with E-state index in [1.165, 1.54) is 6.08 Å². The first-order valence-corrected chi connectivity index (χ1v) is 12.1. The van der Waals surface area contributed by atoms with Crippen LogP contribution < -0.4 is 10.6 Å². The molecule has 0 radical (unpaired) electrons. The van der Waals surface area contributed by atoms with Gasteiger partial charge in [0.2, 0.25) is 5.91 Å². The molecular weight excluding hydrogens is 444 g/mol. The van der Waals surface area contributed by atoms with Gasteiger partial charge in [-0.1, -0.05) is 36.4 Å². The van der Waals surface area contributed by atoms with E-state index in [4.69, 9.17) is 5.10 Å². The lowest BCUT2D eigenvalue weighted by molar-refractivity contribution is -0.111. The van der Waals surface area contributed by atoms with Crippen molar-refractivity contribution < 1.29 is 9.59 Å². The normalized spacial score (nSPS) is 13.2. The second-order valence-electron chi connectivity index (χ2n) is 8.24. The topological polar surface area (TPSA) is 76.0 Å². The van der Waals surface area contributed by atoms with Crippen LogP contribution >= 0.6 is 11.3 Å². The van der Waals surface area contributed by atoms with Crippen molar-refractivity contribution in [1.29, 1.82) is 0 Å². The minimum absolute atomic E-state index is 0.0751. The molecule has 0 spiro atoms. The van der Waals surface area contributed by atoms with Crippen molar-refractivity contribution in [3.63, 3.8) is 0 Å². The van der Waals surface area contributed by atoms with Gasteiger partial charge in [0.25, 0.3) is 5.91 Å². The van der Waals surface area contributed by atoms with E-state index in [2.05, 4.69) is 22.8 Å². The fourth-order valence-electron chi connectivity index (χ4n) is 3.57. The molecule has 2 aromatic heterocycles. The lowest BCUT2D eigenvalue weighted by Gasteiger charge is -2.05. The molecule has 1 aliphatic rings. The maximum Gasteiger partial charge on any atom is 0.251 e. The third-order valence-corrected chi connectivity index (χ3v) is 6.35. The highest BCUT2D eigenvalue weighted by Crippen LogP contribution is 2.28. The van der Waals surface area contributed by atoms with Crippen molar-refractivity contribution in [2.75, 3.05) is 5.32 Å². The van der Waals surface area contributed by atoms with Gasteiger partial charge in [0.05, 0.1) is 11.4 Å². The lowest BCUT2D eigenvalue weighted by atomic mass is 10.2. The second-order valence-corrected chi connectivity index (χ2v) is 9.19. The predicted octanol–water partition coefficient (Wildman–Crippen LogP) is 5.20. The third kappa shape index (κ3) is 5.50. The van der Waals surface area contributed by atoms with Crippen molar-refractivity contribution in [3.05, 3.63) is 101 Å². The number of carbonyl (C=O) groups excluding carboxylic acids is 2. The summed E-state index contributed by atoms with van der Waals surface area (Å²) in [4.78, 5) is 25.7. The summed E-state index contributed by atoms with van der Waals surface area (Å²) in [5, 5.41) is 12.6. The molecule has 1 saturated carbocycles. The molecule has 0 aliphatic heterocycles. The number of carbonyl (C=O) groups is 2. The van der Waals surface area contributed by atoms with Gasteiger partial charge >= 0.3 is 0 Å². The van der Waals surface area contributed by atoms with Crippen molar-refractivity contribution in [3.8, 4) is 10.6 Å². The monoisotopic (exact) mass is 468 g/mol. The molecule has 2 aromatic carbocycles. The summed E-state index contributed by atoms with van der Waals surface area (Å²) in [5.41, 5.74) is 4.11. The van der Waals surface area contributed by atoms with Gasteiger partial charge in [0.1, 0.15) is 5.69 Å². The SMILES string of the molecule is O=C(/C=C/c1cn(Cc2ccccc2)nc1-c1cccs1)Nc1ccc(C(=O)NC2CC2)cc1. The molecule has 170 valence electrons. The Morgan fingerprint density at radius 2 is 1.82 bits per heavy atom. The number of benzene rings is 2. The zero-order valence-corrected chi connectivity index (χ0v) is 19.3. The standard InChI is InChI=1S/C27H24N4O2S/c32-25(28-22-11-8-20(9-12-22)27(33)29-23-13-14-23)15-10-21-18-31(17-19-5-2-1-3-6-19)30-26(21)24-7-4-16-34-24/h1-12,15-16,18,23H,13-14,17H2,(H,28,32)(H,29,33)/b15-10+. The number of hydrogen-bond acceptors (Lipinski definition) is 4. The maximum absolute atomic E-state index is 12.6. The van der Waals surface area contributed by atoms with Gasteiger partial charge in [-0.05, 0) is 60.2 Å². The molecule has 7 heteroatoms. The highest BCUT2D eigenvalue weighted by atomic mass is 32.1. The molecule has 0 atom stereocenters. The van der Waals surface area contributed by atoms with Crippen LogP contribution in [0.25, 0.3) is 16.6 Å². The molecule has 0 bridgehead atoms. The Kier molecular flexibility index (Phi) is 6.35. The molecule has 1 fully saturated rings. The summed E-state index contributed by atoms with van der Waals surface area (Å²) in [6.07, 6.45) is 7.35. The Bertz CT molecular complexity index is 1300. The van der Waals surface area contributed by atoms with E-state index in [0.717, 1.165) is 34.5 Å². The summed E-state index contributed by atoms with van der Waals surface area (Å²) < 4.78 is 1.90. The van der Waals surface area contributed by atoms with Crippen LogP contribution in [-0.2, 0) is 11.3 Å². The van der Waals surface area contributed by atoms with Crippen LogP contribution in [0.4, 0.5) is 5.69 Å². The van der Waals surface area contributed by atoms with Gasteiger partial charge in [-0.3, -0.25) is 14.3 Å². The van der Waals surface area contributed by atoms with Gasteiger partial charge in [-0.15, -0.1) is 11.3 Å². The Labute approximate surface area is 201 Å². The molecule has 1 aliphatic carbocycles. The number of nitrogens with zero attached hydrogens (tertiary/aromatic N) is 2. The summed E-state index contributed by atoms with van der Waals surface area (Å²) in [5.74, 6) is -0.322. The first-order chi connectivity index (χ1) is 16.6. The molecule has 0 unspecified atom stereocenters. The molecular formula is C27H24N4O2S. The Balaban J connectivity index is 1.28. The number of hydrogen-bond donors (Lipinski definition) is 2. The highest BCUT2D eigenvalue weighted by molar-refractivity contribution is 7.13. The minimum Gasteiger partial charge on any atom is -0.349 e. The predicted molar refractivity (Wildman–Crippen MR) is 136 cm³/mol. The van der Waals surface area contributed by atoms with Crippen molar-refractivity contribution in [2.24, 2.45) is 0 Å². The first-order valence-electron chi connectivity index (χ1n) is 11.2. The van der Waals surface area contributed by atoms with Crippen LogP contribution in [0.15, 0.2) is 84.4 Å². The van der Waals surface area contributed by atoms with Gasteiger partial charge in [-0.25, -0.2) is 0 Å². The van der Waals surface area contributed by atoms with Gasteiger partial charge in [-0.2, -0.15) is 5.10 Å². The Morgan fingerprint density at radius 1 is 1.03 bits per heavy atom. The number of anilines is 1. The smallest absolute Gasteiger partial charge is 0.251 e. The van der Waals surface area contributed by atoms with E-state index in [1.54, 1.807) is 41.7 Å². The molecule has 34 heavy (non-hydrogen) atoms. The van der Waals surface area contributed by atoms with Crippen molar-refractivity contribution in [2.45, 2.75) is 25.4 Å². The fourth-order valence-corrected chi connectivity index (χ4v) is 4.30. The Morgan fingerprint density at radius 3 is 2.53 bits per heavy atom. The van der Waals surface area contributed by atoms with Crippen LogP contribution in [0.5, 0.6) is 0 Å². The lowest BCUT2D eigenvalue weighted by Crippen LogP contribution is -2.25. The van der Waals surface area contributed by atoms with Crippen LogP contribution in [0.2, 0.25) is 0 Å². The molecule has 6 nitrogen and oxygen atoms in total. The molecule has 2 heterocycles. The van der Waals surface area contributed by atoms with E-state index in [-0.39, 0.29) is 11.8 Å². The minimum atomic E-state index is -0.247. The largest absolute Gasteiger partial charge is 0.349 e. The van der Waals surface area contributed by atoms with Crippen LogP contribution in [0, 0.1) is 0 Å². The molecule has 2 N–H and O–H groups in total. The van der Waals surface area contributed by atoms with Crippen LogP contribution in [-0.4, -0.2) is 27.6 Å². The first kappa shape index (κ1) is 21.9. The van der Waals surface area contributed by atoms with Crippen molar-refractivity contribution >= 4 is 34.9 Å². The van der Waals surface area contributed by atoms with E-state index in [0.29, 0.717) is 23.8 Å². The van der Waals surface area contributed by atoms with E-state index in [9.17, 15) is 9.59 Å². The molecule has 0 saturated heterocycles. The summed E-state index contributed by atoms with van der Waals surface area (Å²) in [6.45, 7) is 0.653. The summed E-state index contributed by atoms with van der Waals surface area (Å²) >= 11 is 1.61. The number of nitrogens with one attached hydrogen (secondary N) is 2. The van der Waals surface area contributed by atoms with E-state index >= 15 is 0 Å². The average molecular weight is 469 g/mol. The van der Waals surface area contributed by atoms with Crippen LogP contribution in [0.1, 0.15) is 34.3 Å². The van der Waals surface area contributed by atoms with E-state index < -0.39 is 0 Å². The third-order valence-electron chi connectivity index (χ3n) is 5.47. The average Bonchev–Trinajstić information content (AvgIpc) is 3.32. The highest BCUT2D eigenvalue weighted by Gasteiger charge is 2.23. The van der Waals surface area contributed by atoms with E-state index in [1.807, 2.05) is 46.6 Å². The number of rotatable bonds is 8. The zero-order valence-electron chi connectivity index (χ0n) is 18.5. The summed E-state index contributed by atoms with van der Waals surface area (Å²) in [6, 6.07) is 21.4. The molecule has 2 amide bonds.